The van der Waals surface area contributed by atoms with Crippen molar-refractivity contribution < 1.29 is 0 Å². The van der Waals surface area contributed by atoms with Gasteiger partial charge < -0.3 is 5.73 Å². The van der Waals surface area contributed by atoms with E-state index in [1.165, 1.54) is 11.3 Å². The van der Waals surface area contributed by atoms with Crippen LogP contribution in [-0.2, 0) is 6.54 Å². The molecule has 3 nitrogen and oxygen atoms in total. The maximum Gasteiger partial charge on any atom is 0.307 e. The molecule has 0 saturated heterocycles. The van der Waals surface area contributed by atoms with E-state index < -0.39 is 0 Å². The Hall–Kier alpha value is -1.07. The minimum Gasteiger partial charge on any atom is -0.398 e. The van der Waals surface area contributed by atoms with Gasteiger partial charge in [-0.1, -0.05) is 33.3 Å². The van der Waals surface area contributed by atoms with Crippen molar-refractivity contribution in [2.75, 3.05) is 5.73 Å². The monoisotopic (exact) mass is 312 g/mol. The van der Waals surface area contributed by atoms with Crippen molar-refractivity contribution in [3.05, 3.63) is 48.5 Å². The van der Waals surface area contributed by atoms with E-state index in [4.69, 9.17) is 5.73 Å². The first-order valence-corrected chi connectivity index (χ1v) is 6.80. The lowest BCUT2D eigenvalue weighted by molar-refractivity contribution is 0.753. The number of benzene rings is 1. The summed E-state index contributed by atoms with van der Waals surface area (Å²) in [5, 5.41) is 0. The number of hydrogen-bond donors (Lipinski definition) is 1. The van der Waals surface area contributed by atoms with Crippen molar-refractivity contribution in [1.29, 1.82) is 0 Å². The summed E-state index contributed by atoms with van der Waals surface area (Å²) in [6, 6.07) is 5.73. The Bertz CT molecular complexity index is 615. The van der Waals surface area contributed by atoms with E-state index in [2.05, 4.69) is 15.9 Å². The lowest BCUT2D eigenvalue weighted by Crippen LogP contribution is -2.16. The van der Waals surface area contributed by atoms with Crippen molar-refractivity contribution in [2.45, 2.75) is 20.4 Å². The number of aromatic nitrogens is 1. The first kappa shape index (κ1) is 12.4. The van der Waals surface area contributed by atoms with E-state index in [0.29, 0.717) is 12.2 Å². The first-order chi connectivity index (χ1) is 7.99. The molecule has 2 N–H and O–H groups in total. The molecule has 17 heavy (non-hydrogen) atoms. The number of anilines is 1. The molecular weight excluding hydrogens is 300 g/mol. The molecule has 0 spiro atoms. The van der Waals surface area contributed by atoms with Crippen LogP contribution in [0.2, 0.25) is 0 Å². The second kappa shape index (κ2) is 4.66. The number of aryl methyl sites for hydroxylation is 1. The highest BCUT2D eigenvalue weighted by atomic mass is 79.9. The minimum absolute atomic E-state index is 0.0716. The summed E-state index contributed by atoms with van der Waals surface area (Å²) < 4.78 is 2.71. The Labute approximate surface area is 112 Å². The number of thiazole rings is 1. The molecule has 0 radical (unpaired) electrons. The van der Waals surface area contributed by atoms with Crippen LogP contribution in [0.25, 0.3) is 0 Å². The summed E-state index contributed by atoms with van der Waals surface area (Å²) in [5.41, 5.74) is 8.62. The van der Waals surface area contributed by atoms with Crippen LogP contribution >= 0.6 is 27.3 Å². The third kappa shape index (κ3) is 2.45. The molecule has 5 heteroatoms. The van der Waals surface area contributed by atoms with Gasteiger partial charge in [-0.25, -0.2) is 0 Å². The fourth-order valence-corrected chi connectivity index (χ4v) is 2.86. The van der Waals surface area contributed by atoms with Crippen molar-refractivity contribution >= 4 is 33.0 Å². The summed E-state index contributed by atoms with van der Waals surface area (Å²) in [4.78, 5) is 12.9. The number of halogens is 1. The van der Waals surface area contributed by atoms with Crippen molar-refractivity contribution in [3.8, 4) is 0 Å². The van der Waals surface area contributed by atoms with E-state index in [-0.39, 0.29) is 4.87 Å². The highest BCUT2D eigenvalue weighted by Crippen LogP contribution is 2.20. The molecule has 2 rings (SSSR count). The summed E-state index contributed by atoms with van der Waals surface area (Å²) in [6.45, 7) is 4.46. The number of rotatable bonds is 2. The van der Waals surface area contributed by atoms with Crippen LogP contribution in [0.5, 0.6) is 0 Å². The van der Waals surface area contributed by atoms with Crippen molar-refractivity contribution in [3.63, 3.8) is 0 Å². The molecule has 0 aliphatic rings. The van der Waals surface area contributed by atoms with Gasteiger partial charge in [0.15, 0.2) is 0 Å². The normalized spacial score (nSPS) is 10.8. The second-order valence-electron chi connectivity index (χ2n) is 3.94. The molecule has 0 atom stereocenters. The van der Waals surface area contributed by atoms with E-state index in [1.54, 1.807) is 4.57 Å². The van der Waals surface area contributed by atoms with Gasteiger partial charge in [0, 0.05) is 20.7 Å². The van der Waals surface area contributed by atoms with Gasteiger partial charge in [-0.2, -0.15) is 0 Å². The first-order valence-electron chi connectivity index (χ1n) is 5.20. The molecule has 0 aliphatic carbocycles. The zero-order valence-corrected chi connectivity index (χ0v) is 12.1. The number of nitrogens with two attached hydrogens (primary N) is 1. The number of nitrogens with zero attached hydrogens (tertiary/aromatic N) is 1. The summed E-state index contributed by atoms with van der Waals surface area (Å²) in [7, 11) is 0. The van der Waals surface area contributed by atoms with E-state index in [0.717, 1.165) is 20.6 Å². The molecular formula is C12H13BrN2OS. The van der Waals surface area contributed by atoms with Crippen LogP contribution in [0.4, 0.5) is 5.69 Å². The van der Waals surface area contributed by atoms with Gasteiger partial charge in [0.2, 0.25) is 0 Å². The predicted octanol–water partition coefficient (Wildman–Crippen LogP) is 2.92. The van der Waals surface area contributed by atoms with Crippen LogP contribution < -0.4 is 10.6 Å². The fourth-order valence-electron chi connectivity index (χ4n) is 1.65. The van der Waals surface area contributed by atoms with Crippen LogP contribution in [0.3, 0.4) is 0 Å². The third-order valence-electron chi connectivity index (χ3n) is 2.81. The van der Waals surface area contributed by atoms with E-state index in [9.17, 15) is 4.79 Å². The van der Waals surface area contributed by atoms with Crippen LogP contribution in [-0.4, -0.2) is 4.57 Å². The molecule has 0 amide bonds. The molecule has 0 unspecified atom stereocenters. The molecule has 2 aromatic rings. The maximum absolute atomic E-state index is 11.8. The predicted molar refractivity (Wildman–Crippen MR) is 75.7 cm³/mol. The summed E-state index contributed by atoms with van der Waals surface area (Å²) in [6.07, 6.45) is 0. The van der Waals surface area contributed by atoms with Gasteiger partial charge in [-0.3, -0.25) is 9.36 Å². The zero-order chi connectivity index (χ0) is 12.6. The second-order valence-corrected chi connectivity index (χ2v) is 6.02. The maximum atomic E-state index is 11.8. The van der Waals surface area contributed by atoms with Gasteiger partial charge in [0.1, 0.15) is 0 Å². The van der Waals surface area contributed by atoms with Gasteiger partial charge in [0.25, 0.3) is 0 Å². The number of nitrogen functional groups attached to an aromatic ring is 1. The Morgan fingerprint density at radius 1 is 1.41 bits per heavy atom. The molecule has 90 valence electrons. The Balaban J connectivity index is 2.41. The molecule has 0 saturated carbocycles. The lowest BCUT2D eigenvalue weighted by Gasteiger charge is -2.08. The van der Waals surface area contributed by atoms with Gasteiger partial charge in [0.05, 0.1) is 6.54 Å². The van der Waals surface area contributed by atoms with Gasteiger partial charge in [-0.15, -0.1) is 0 Å². The average molecular weight is 313 g/mol. The fraction of sp³-hybridized carbons (Fsp3) is 0.250. The molecule has 0 bridgehead atoms. The van der Waals surface area contributed by atoms with E-state index in [1.807, 2.05) is 32.0 Å². The number of hydrogen-bond acceptors (Lipinski definition) is 3. The summed E-state index contributed by atoms with van der Waals surface area (Å²) in [5.74, 6) is 0. The minimum atomic E-state index is 0.0716. The lowest BCUT2D eigenvalue weighted by atomic mass is 10.2. The van der Waals surface area contributed by atoms with Gasteiger partial charge >= 0.3 is 4.87 Å². The topological polar surface area (TPSA) is 48.0 Å². The molecule has 1 heterocycles. The Morgan fingerprint density at radius 2 is 2.12 bits per heavy atom. The van der Waals surface area contributed by atoms with Crippen molar-refractivity contribution in [2.24, 2.45) is 0 Å². The molecule has 1 aromatic heterocycles. The highest BCUT2D eigenvalue weighted by Gasteiger charge is 2.09. The van der Waals surface area contributed by atoms with Crippen molar-refractivity contribution in [1.82, 2.24) is 4.57 Å². The zero-order valence-electron chi connectivity index (χ0n) is 9.66. The quantitative estimate of drug-likeness (QED) is 0.867. The van der Waals surface area contributed by atoms with Crippen LogP contribution in [0, 0.1) is 13.8 Å². The average Bonchev–Trinajstić information content (AvgIpc) is 2.48. The largest absolute Gasteiger partial charge is 0.398 e. The highest BCUT2D eigenvalue weighted by molar-refractivity contribution is 9.10. The smallest absolute Gasteiger partial charge is 0.307 e. The van der Waals surface area contributed by atoms with Crippen LogP contribution in [0.15, 0.2) is 27.5 Å². The Morgan fingerprint density at radius 3 is 2.65 bits per heavy atom. The third-order valence-corrected chi connectivity index (χ3v) is 4.30. The van der Waals surface area contributed by atoms with Crippen LogP contribution in [0.1, 0.15) is 16.1 Å². The standard InChI is InChI=1S/C12H13BrN2OS/c1-7-8(2)17-12(16)15(7)6-9-3-4-10(13)5-11(9)14/h3-5H,6,14H2,1-2H3. The Kier molecular flexibility index (Phi) is 3.40. The molecule has 1 aromatic carbocycles. The van der Waals surface area contributed by atoms with E-state index >= 15 is 0 Å². The summed E-state index contributed by atoms with van der Waals surface area (Å²) >= 11 is 4.65. The molecule has 0 fully saturated rings. The van der Waals surface area contributed by atoms with Gasteiger partial charge in [-0.05, 0) is 31.5 Å². The molecule has 0 aliphatic heterocycles. The SMILES string of the molecule is Cc1sc(=O)n(Cc2ccc(Br)cc2N)c1C.